The number of hydrogen-bond donors (Lipinski definition) is 1. The number of allylic oxidation sites excluding steroid dienone is 2. The lowest BCUT2D eigenvalue weighted by molar-refractivity contribution is -0.143. The van der Waals surface area contributed by atoms with E-state index in [9.17, 15) is 4.79 Å². The molecule has 0 bridgehead atoms. The second-order valence-electron chi connectivity index (χ2n) is 7.69. The van der Waals surface area contributed by atoms with Crippen LogP contribution in [-0.2, 0) is 9.53 Å². The zero-order valence-electron chi connectivity index (χ0n) is 18.1. The van der Waals surface area contributed by atoms with E-state index in [1.165, 1.54) is 96.3 Å². The van der Waals surface area contributed by atoms with Crippen LogP contribution in [0, 0.1) is 0 Å². The van der Waals surface area contributed by atoms with Crippen molar-refractivity contribution in [2.45, 2.75) is 122 Å². The molecule has 0 unspecified atom stereocenters. The average molecular weight is 399 g/mol. The smallest absolute Gasteiger partial charge is 0.305 e. The first-order chi connectivity index (χ1) is 13.3. The molecule has 3 heteroatoms. The van der Waals surface area contributed by atoms with Crippen molar-refractivity contribution in [3.8, 4) is 0 Å². The number of esters is 1. The van der Waals surface area contributed by atoms with Crippen molar-refractivity contribution in [3.63, 3.8) is 0 Å². The minimum Gasteiger partial charge on any atom is -0.465 e. The van der Waals surface area contributed by atoms with Crippen molar-refractivity contribution in [2.75, 3.05) is 12.4 Å². The van der Waals surface area contributed by atoms with E-state index in [1.807, 2.05) is 0 Å². The third kappa shape index (κ3) is 23.5. The number of ether oxygens (including phenoxy) is 1. The molecule has 0 saturated heterocycles. The summed E-state index contributed by atoms with van der Waals surface area (Å²) in [6.07, 6.45) is 27.8. The van der Waals surface area contributed by atoms with Gasteiger partial charge >= 0.3 is 5.97 Å². The van der Waals surface area contributed by atoms with E-state index >= 15 is 0 Å². The lowest BCUT2D eigenvalue weighted by Gasteiger charge is -2.04. The Morgan fingerprint density at radius 2 is 1.15 bits per heavy atom. The molecule has 0 spiro atoms. The molecular formula is C24H46O2S. The van der Waals surface area contributed by atoms with Gasteiger partial charge in [0.05, 0.1) is 0 Å². The molecule has 0 fully saturated rings. The van der Waals surface area contributed by atoms with Gasteiger partial charge in [-0.3, -0.25) is 4.79 Å². The second kappa shape index (κ2) is 23.6. The lowest BCUT2D eigenvalue weighted by Crippen LogP contribution is -2.06. The van der Waals surface area contributed by atoms with Crippen molar-refractivity contribution in [1.29, 1.82) is 0 Å². The summed E-state index contributed by atoms with van der Waals surface area (Å²) in [5.41, 5.74) is 0. The maximum atomic E-state index is 11.3. The van der Waals surface area contributed by atoms with Crippen LogP contribution in [0.3, 0.4) is 0 Å². The summed E-state index contributed by atoms with van der Waals surface area (Å²) >= 11 is 4.03. The van der Waals surface area contributed by atoms with Crippen LogP contribution in [0.4, 0.5) is 0 Å². The van der Waals surface area contributed by atoms with Crippen molar-refractivity contribution in [3.05, 3.63) is 12.2 Å². The molecule has 27 heavy (non-hydrogen) atoms. The zero-order valence-corrected chi connectivity index (χ0v) is 19.0. The van der Waals surface area contributed by atoms with Crippen molar-refractivity contribution in [1.82, 2.24) is 0 Å². The molecule has 2 nitrogen and oxygen atoms in total. The van der Waals surface area contributed by atoms with Gasteiger partial charge in [-0.25, -0.2) is 0 Å². The van der Waals surface area contributed by atoms with E-state index < -0.39 is 0 Å². The number of carbonyl (C=O) groups is 1. The molecule has 0 heterocycles. The second-order valence-corrected chi connectivity index (χ2v) is 8.14. The number of hydrogen-bond acceptors (Lipinski definition) is 3. The fourth-order valence-electron chi connectivity index (χ4n) is 3.28. The molecule has 160 valence electrons. The Morgan fingerprint density at radius 1 is 0.704 bits per heavy atom. The highest BCUT2D eigenvalue weighted by Crippen LogP contribution is 2.13. The number of rotatable bonds is 21. The standard InChI is InChI=1S/C24H46O2S/c1-2-3-4-5-6-7-8-9-10-11-12-13-14-15-16-17-18-19-20-21-24(25)26-22-23-27/h7-8,27H,2-6,9-23H2,1H3/b8-7+. The van der Waals surface area contributed by atoms with Crippen LogP contribution in [-0.4, -0.2) is 18.3 Å². The number of carbonyl (C=O) groups excluding carboxylic acids is 1. The molecule has 0 amide bonds. The van der Waals surface area contributed by atoms with Crippen molar-refractivity contribution in [2.24, 2.45) is 0 Å². The molecule has 0 N–H and O–H groups in total. The first-order valence-corrected chi connectivity index (χ1v) is 12.4. The normalized spacial score (nSPS) is 11.3. The van der Waals surface area contributed by atoms with Gasteiger partial charge in [-0.1, -0.05) is 96.1 Å². The van der Waals surface area contributed by atoms with Gasteiger partial charge in [-0.15, -0.1) is 0 Å². The van der Waals surface area contributed by atoms with Gasteiger partial charge in [0.15, 0.2) is 0 Å². The summed E-state index contributed by atoms with van der Waals surface area (Å²) in [6.45, 7) is 2.71. The summed E-state index contributed by atoms with van der Waals surface area (Å²) in [5.74, 6) is 0.550. The molecule has 0 aliphatic rings. The maximum absolute atomic E-state index is 11.3. The van der Waals surface area contributed by atoms with Gasteiger partial charge in [0, 0.05) is 12.2 Å². The van der Waals surface area contributed by atoms with Gasteiger partial charge in [-0.2, -0.15) is 12.6 Å². The summed E-state index contributed by atoms with van der Waals surface area (Å²) in [5, 5.41) is 0. The van der Waals surface area contributed by atoms with Crippen LogP contribution in [0.2, 0.25) is 0 Å². The molecule has 0 aromatic rings. The zero-order chi connectivity index (χ0) is 19.8. The summed E-state index contributed by atoms with van der Waals surface area (Å²) in [4.78, 5) is 11.3. The van der Waals surface area contributed by atoms with E-state index in [1.54, 1.807) is 0 Å². The molecular weight excluding hydrogens is 352 g/mol. The van der Waals surface area contributed by atoms with Gasteiger partial charge < -0.3 is 4.74 Å². The van der Waals surface area contributed by atoms with Gasteiger partial charge in [0.25, 0.3) is 0 Å². The summed E-state index contributed by atoms with van der Waals surface area (Å²) in [7, 11) is 0. The van der Waals surface area contributed by atoms with Crippen LogP contribution in [0.5, 0.6) is 0 Å². The van der Waals surface area contributed by atoms with Crippen molar-refractivity contribution >= 4 is 18.6 Å². The first-order valence-electron chi connectivity index (χ1n) is 11.7. The highest BCUT2D eigenvalue weighted by atomic mass is 32.1. The lowest BCUT2D eigenvalue weighted by atomic mass is 10.0. The molecule has 0 aromatic carbocycles. The van der Waals surface area contributed by atoms with Crippen molar-refractivity contribution < 1.29 is 9.53 Å². The highest BCUT2D eigenvalue weighted by molar-refractivity contribution is 7.80. The molecule has 0 aliphatic carbocycles. The molecule has 0 aliphatic heterocycles. The Morgan fingerprint density at radius 3 is 1.63 bits per heavy atom. The summed E-state index contributed by atoms with van der Waals surface area (Å²) in [6, 6.07) is 0. The predicted octanol–water partition coefficient (Wildman–Crippen LogP) is 8.06. The van der Waals surface area contributed by atoms with E-state index in [2.05, 4.69) is 31.7 Å². The van der Waals surface area contributed by atoms with E-state index in [4.69, 9.17) is 4.74 Å². The van der Waals surface area contributed by atoms with Crippen LogP contribution in [0.15, 0.2) is 12.2 Å². The van der Waals surface area contributed by atoms with Crippen LogP contribution in [0.1, 0.15) is 122 Å². The average Bonchev–Trinajstić information content (AvgIpc) is 2.68. The SMILES string of the molecule is CCCCCC/C=C/CCCCCCCCCCCCCC(=O)OCCS. The van der Waals surface area contributed by atoms with Gasteiger partial charge in [0.1, 0.15) is 6.61 Å². The quantitative estimate of drug-likeness (QED) is 0.0915. The van der Waals surface area contributed by atoms with E-state index in [0.29, 0.717) is 18.8 Å². The third-order valence-corrected chi connectivity index (χ3v) is 5.18. The third-order valence-electron chi connectivity index (χ3n) is 5.00. The Hall–Kier alpha value is -0.440. The molecule has 0 radical (unpaired) electrons. The molecule has 0 atom stereocenters. The monoisotopic (exact) mass is 398 g/mol. The van der Waals surface area contributed by atoms with E-state index in [-0.39, 0.29) is 5.97 Å². The Bertz CT molecular complexity index is 328. The Labute approximate surface area is 175 Å². The fourth-order valence-corrected chi connectivity index (χ4v) is 3.37. The number of thiol groups is 1. The van der Waals surface area contributed by atoms with E-state index in [0.717, 1.165) is 12.8 Å². The fraction of sp³-hybridized carbons (Fsp3) is 0.875. The van der Waals surface area contributed by atoms with Crippen LogP contribution >= 0.6 is 12.6 Å². The summed E-state index contributed by atoms with van der Waals surface area (Å²) < 4.78 is 5.01. The first kappa shape index (κ1) is 26.6. The van der Waals surface area contributed by atoms with Crippen LogP contribution < -0.4 is 0 Å². The molecule has 0 aromatic heterocycles. The molecule has 0 rings (SSSR count). The minimum atomic E-state index is -0.0634. The number of unbranched alkanes of at least 4 members (excludes halogenated alkanes) is 15. The highest BCUT2D eigenvalue weighted by Gasteiger charge is 2.01. The van der Waals surface area contributed by atoms with Gasteiger partial charge in [-0.05, 0) is 32.1 Å². The topological polar surface area (TPSA) is 26.3 Å². The molecule has 0 saturated carbocycles. The minimum absolute atomic E-state index is 0.0634. The predicted molar refractivity (Wildman–Crippen MR) is 123 cm³/mol. The van der Waals surface area contributed by atoms with Gasteiger partial charge in [0.2, 0.25) is 0 Å². The van der Waals surface area contributed by atoms with Crippen LogP contribution in [0.25, 0.3) is 0 Å². The Balaban J connectivity index is 3.10. The largest absolute Gasteiger partial charge is 0.465 e. The Kier molecular flexibility index (Phi) is 23.2. The maximum Gasteiger partial charge on any atom is 0.305 e.